The lowest BCUT2D eigenvalue weighted by Crippen LogP contribution is -2.42. The summed E-state index contributed by atoms with van der Waals surface area (Å²) in [5, 5.41) is 0. The van der Waals surface area contributed by atoms with Crippen molar-refractivity contribution in [3.63, 3.8) is 0 Å². The zero-order chi connectivity index (χ0) is 13.0. The van der Waals surface area contributed by atoms with Crippen LogP contribution in [0.2, 0.25) is 0 Å². The molecule has 0 unspecified atom stereocenters. The molecule has 0 aliphatic carbocycles. The number of rotatable bonds is 4. The number of nitrogens with zero attached hydrogens (tertiary/aromatic N) is 2. The third-order valence-electron chi connectivity index (χ3n) is 3.74. The molecule has 1 radical (unpaired) electrons. The van der Waals surface area contributed by atoms with Crippen LogP contribution in [-0.2, 0) is 10.0 Å². The smallest absolute Gasteiger partial charge is 0.215 e. The number of likely N-dealkylation sites (tertiary alicyclic amines) is 1. The molecule has 2 rings (SSSR count). The molecule has 0 N–H and O–H groups in total. The predicted molar refractivity (Wildman–Crippen MR) is 69.5 cm³/mol. The van der Waals surface area contributed by atoms with Crippen molar-refractivity contribution in [2.24, 2.45) is 0 Å². The van der Waals surface area contributed by atoms with Gasteiger partial charge < -0.3 is 4.90 Å². The van der Waals surface area contributed by atoms with Crippen LogP contribution in [0, 0.1) is 6.42 Å². The van der Waals surface area contributed by atoms with E-state index in [0.717, 1.165) is 12.8 Å². The summed E-state index contributed by atoms with van der Waals surface area (Å²) >= 11 is 0. The maximum absolute atomic E-state index is 13.0. The maximum atomic E-state index is 13.0. The summed E-state index contributed by atoms with van der Waals surface area (Å²) in [7, 11) is -3.12. The quantitative estimate of drug-likeness (QED) is 0.771. The van der Waals surface area contributed by atoms with Gasteiger partial charge in [0, 0.05) is 32.7 Å². The molecule has 2 aliphatic rings. The summed E-state index contributed by atoms with van der Waals surface area (Å²) in [5.74, 6) is 0.171. The minimum absolute atomic E-state index is 0.171. The Hall–Kier alpha value is -0.200. The van der Waals surface area contributed by atoms with E-state index in [9.17, 15) is 12.8 Å². The second-order valence-electron chi connectivity index (χ2n) is 5.10. The molecule has 105 valence electrons. The molecular formula is C12H22FN2O2S. The Morgan fingerprint density at radius 2 is 1.72 bits per heavy atom. The van der Waals surface area contributed by atoms with E-state index in [0.29, 0.717) is 45.6 Å². The van der Waals surface area contributed by atoms with E-state index < -0.39 is 16.2 Å². The molecule has 0 atom stereocenters. The number of hydrogen-bond donors (Lipinski definition) is 0. The first kappa shape index (κ1) is 14.2. The van der Waals surface area contributed by atoms with Crippen molar-refractivity contribution in [1.82, 2.24) is 9.21 Å². The largest absolute Gasteiger partial charge is 0.302 e. The second-order valence-corrected chi connectivity index (χ2v) is 7.19. The topological polar surface area (TPSA) is 40.6 Å². The first-order chi connectivity index (χ1) is 8.58. The van der Waals surface area contributed by atoms with Gasteiger partial charge in [-0.3, -0.25) is 0 Å². The zero-order valence-corrected chi connectivity index (χ0v) is 11.5. The van der Waals surface area contributed by atoms with Crippen LogP contribution in [-0.4, -0.2) is 62.3 Å². The molecule has 0 amide bonds. The SMILES string of the molecule is O=S(=O)(CCN1CCC(F)CC1)N1CC[CH]CC1. The number of piperidine rings is 2. The van der Waals surface area contributed by atoms with Crippen molar-refractivity contribution in [1.29, 1.82) is 0 Å². The molecule has 0 aromatic heterocycles. The Morgan fingerprint density at radius 3 is 2.33 bits per heavy atom. The van der Waals surface area contributed by atoms with Crippen LogP contribution >= 0.6 is 0 Å². The lowest BCUT2D eigenvalue weighted by molar-refractivity contribution is 0.156. The van der Waals surface area contributed by atoms with Gasteiger partial charge in [-0.15, -0.1) is 0 Å². The van der Waals surface area contributed by atoms with Crippen LogP contribution in [0.1, 0.15) is 25.7 Å². The summed E-state index contributed by atoms with van der Waals surface area (Å²) in [5.41, 5.74) is 0. The molecule has 2 heterocycles. The maximum Gasteiger partial charge on any atom is 0.215 e. The lowest BCUT2D eigenvalue weighted by Gasteiger charge is -2.30. The highest BCUT2D eigenvalue weighted by molar-refractivity contribution is 7.89. The third-order valence-corrected chi connectivity index (χ3v) is 5.59. The molecule has 2 aliphatic heterocycles. The molecule has 2 fully saturated rings. The first-order valence-electron chi connectivity index (χ1n) is 6.74. The van der Waals surface area contributed by atoms with E-state index in [1.54, 1.807) is 4.31 Å². The van der Waals surface area contributed by atoms with Gasteiger partial charge in [0.05, 0.1) is 5.75 Å². The van der Waals surface area contributed by atoms with Crippen molar-refractivity contribution in [2.45, 2.75) is 31.9 Å². The molecular weight excluding hydrogens is 255 g/mol. The minimum Gasteiger partial charge on any atom is -0.302 e. The van der Waals surface area contributed by atoms with Crippen LogP contribution in [0.3, 0.4) is 0 Å². The predicted octanol–water partition coefficient (Wildman–Crippen LogP) is 1.05. The summed E-state index contributed by atoms with van der Waals surface area (Å²) in [6.45, 7) is 3.15. The van der Waals surface area contributed by atoms with E-state index in [4.69, 9.17) is 0 Å². The van der Waals surface area contributed by atoms with Crippen LogP contribution in [0.15, 0.2) is 0 Å². The van der Waals surface area contributed by atoms with Gasteiger partial charge in [-0.1, -0.05) is 0 Å². The summed E-state index contributed by atoms with van der Waals surface area (Å²) < 4.78 is 38.8. The van der Waals surface area contributed by atoms with E-state index in [1.807, 2.05) is 0 Å². The van der Waals surface area contributed by atoms with Crippen molar-refractivity contribution in [2.75, 3.05) is 38.5 Å². The monoisotopic (exact) mass is 277 g/mol. The highest BCUT2D eigenvalue weighted by Crippen LogP contribution is 2.15. The molecule has 0 saturated carbocycles. The van der Waals surface area contributed by atoms with Gasteiger partial charge in [-0.25, -0.2) is 17.1 Å². The molecule has 0 bridgehead atoms. The Bertz CT molecular complexity index is 347. The van der Waals surface area contributed by atoms with Crippen LogP contribution < -0.4 is 0 Å². The van der Waals surface area contributed by atoms with Crippen LogP contribution in [0.4, 0.5) is 4.39 Å². The zero-order valence-electron chi connectivity index (χ0n) is 10.7. The highest BCUT2D eigenvalue weighted by Gasteiger charge is 2.25. The minimum atomic E-state index is -3.12. The van der Waals surface area contributed by atoms with E-state index in [-0.39, 0.29) is 5.75 Å². The highest BCUT2D eigenvalue weighted by atomic mass is 32.2. The molecule has 4 nitrogen and oxygen atoms in total. The van der Waals surface area contributed by atoms with E-state index in [1.165, 1.54) is 0 Å². The van der Waals surface area contributed by atoms with Crippen LogP contribution in [0.25, 0.3) is 0 Å². The van der Waals surface area contributed by atoms with Crippen molar-refractivity contribution < 1.29 is 12.8 Å². The van der Waals surface area contributed by atoms with Crippen LogP contribution in [0.5, 0.6) is 0 Å². The fourth-order valence-corrected chi connectivity index (χ4v) is 4.02. The fourth-order valence-electron chi connectivity index (χ4n) is 2.50. The van der Waals surface area contributed by atoms with Crippen molar-refractivity contribution in [3.05, 3.63) is 6.42 Å². The van der Waals surface area contributed by atoms with Crippen molar-refractivity contribution in [3.8, 4) is 0 Å². The summed E-state index contributed by atoms with van der Waals surface area (Å²) in [4.78, 5) is 2.06. The van der Waals surface area contributed by atoms with E-state index in [2.05, 4.69) is 11.3 Å². The lowest BCUT2D eigenvalue weighted by atomic mass is 10.1. The van der Waals surface area contributed by atoms with Gasteiger partial charge in [0.2, 0.25) is 10.0 Å². The Labute approximate surface area is 109 Å². The van der Waals surface area contributed by atoms with Gasteiger partial charge >= 0.3 is 0 Å². The Morgan fingerprint density at radius 1 is 1.11 bits per heavy atom. The molecule has 0 spiro atoms. The van der Waals surface area contributed by atoms with Gasteiger partial charge in [0.1, 0.15) is 6.17 Å². The fraction of sp³-hybridized carbons (Fsp3) is 0.917. The number of sulfonamides is 1. The van der Waals surface area contributed by atoms with Gasteiger partial charge in [-0.2, -0.15) is 0 Å². The Balaban J connectivity index is 1.77. The first-order valence-corrected chi connectivity index (χ1v) is 8.35. The molecule has 2 saturated heterocycles. The second kappa shape index (κ2) is 6.30. The Kier molecular flexibility index (Phi) is 4.98. The molecule has 6 heteroatoms. The van der Waals surface area contributed by atoms with Gasteiger partial charge in [0.15, 0.2) is 0 Å². The standard InChI is InChI=1S/C12H22FN2O2S/c13-12-4-8-14(9-5-12)10-11-18(16,17)15-6-2-1-3-7-15/h1,12H,2-11H2. The number of halogens is 1. The third kappa shape index (κ3) is 3.90. The number of hydrogen-bond acceptors (Lipinski definition) is 3. The summed E-state index contributed by atoms with van der Waals surface area (Å²) in [6.07, 6.45) is 4.23. The molecule has 0 aromatic rings. The normalized spacial score (nSPS) is 25.4. The van der Waals surface area contributed by atoms with Gasteiger partial charge in [0.25, 0.3) is 0 Å². The van der Waals surface area contributed by atoms with Gasteiger partial charge in [-0.05, 0) is 32.1 Å². The average molecular weight is 277 g/mol. The van der Waals surface area contributed by atoms with Crippen molar-refractivity contribution >= 4 is 10.0 Å². The summed E-state index contributed by atoms with van der Waals surface area (Å²) in [6, 6.07) is 0. The average Bonchev–Trinajstić information content (AvgIpc) is 2.39. The molecule has 18 heavy (non-hydrogen) atoms. The van der Waals surface area contributed by atoms with E-state index >= 15 is 0 Å². The molecule has 0 aromatic carbocycles. The number of alkyl halides is 1.